The van der Waals surface area contributed by atoms with Crippen LogP contribution in [0.2, 0.25) is 0 Å². The molecule has 0 unspecified atom stereocenters. The molecular formula is C15H14FN3O. The Morgan fingerprint density at radius 1 is 1.20 bits per heavy atom. The van der Waals surface area contributed by atoms with Crippen LogP contribution in [-0.4, -0.2) is 9.97 Å². The maximum absolute atomic E-state index is 13.2. The molecule has 2 N–H and O–H groups in total. The van der Waals surface area contributed by atoms with Gasteiger partial charge in [-0.1, -0.05) is 13.8 Å². The molecule has 0 radical (unpaired) electrons. The number of furan rings is 1. The highest BCUT2D eigenvalue weighted by molar-refractivity contribution is 5.83. The predicted octanol–water partition coefficient (Wildman–Crippen LogP) is 3.73. The molecule has 0 aliphatic heterocycles. The van der Waals surface area contributed by atoms with Crippen LogP contribution in [0, 0.1) is 5.82 Å². The van der Waals surface area contributed by atoms with Gasteiger partial charge in [0, 0.05) is 10.9 Å². The first kappa shape index (κ1) is 12.6. The molecule has 2 aromatic heterocycles. The van der Waals surface area contributed by atoms with Gasteiger partial charge in [0.1, 0.15) is 29.2 Å². The number of nitrogens with two attached hydrogens (primary N) is 1. The molecule has 3 rings (SSSR count). The number of hydrogen-bond acceptors (Lipinski definition) is 4. The Balaban J connectivity index is 2.23. The van der Waals surface area contributed by atoms with Gasteiger partial charge in [0.05, 0.1) is 0 Å². The zero-order chi connectivity index (χ0) is 14.3. The Morgan fingerprint density at radius 3 is 2.75 bits per heavy atom. The lowest BCUT2D eigenvalue weighted by atomic mass is 10.0. The molecule has 1 aromatic carbocycles. The van der Waals surface area contributed by atoms with Crippen LogP contribution in [0.4, 0.5) is 10.2 Å². The summed E-state index contributed by atoms with van der Waals surface area (Å²) in [5, 5.41) is 0.701. The summed E-state index contributed by atoms with van der Waals surface area (Å²) in [6.07, 6.45) is 1.41. The topological polar surface area (TPSA) is 64.9 Å². The third kappa shape index (κ3) is 2.01. The summed E-state index contributed by atoms with van der Waals surface area (Å²) in [6.45, 7) is 4.03. The Kier molecular flexibility index (Phi) is 2.89. The lowest BCUT2D eigenvalue weighted by Gasteiger charge is -2.11. The number of nitrogens with zero attached hydrogens (tertiary/aromatic N) is 2. The third-order valence-corrected chi connectivity index (χ3v) is 3.20. The molecule has 2 heterocycles. The molecule has 0 aliphatic carbocycles. The van der Waals surface area contributed by atoms with Gasteiger partial charge in [0.25, 0.3) is 0 Å². The van der Waals surface area contributed by atoms with Gasteiger partial charge in [-0.25, -0.2) is 14.4 Å². The first-order valence-electron chi connectivity index (χ1n) is 6.36. The normalized spacial score (nSPS) is 11.4. The maximum Gasteiger partial charge on any atom is 0.154 e. The number of anilines is 1. The molecule has 102 valence electrons. The highest BCUT2D eigenvalue weighted by Crippen LogP contribution is 2.33. The van der Waals surface area contributed by atoms with Gasteiger partial charge >= 0.3 is 0 Å². The molecule has 4 nitrogen and oxygen atoms in total. The van der Waals surface area contributed by atoms with Gasteiger partial charge in [-0.3, -0.25) is 0 Å². The number of fused-ring (bicyclic) bond motifs is 1. The van der Waals surface area contributed by atoms with Gasteiger partial charge in [0.2, 0.25) is 0 Å². The Morgan fingerprint density at radius 2 is 2.00 bits per heavy atom. The number of rotatable bonds is 2. The summed E-state index contributed by atoms with van der Waals surface area (Å²) in [4.78, 5) is 8.29. The van der Waals surface area contributed by atoms with E-state index in [1.54, 1.807) is 12.1 Å². The van der Waals surface area contributed by atoms with Crippen LogP contribution in [0.25, 0.3) is 22.4 Å². The van der Waals surface area contributed by atoms with Crippen LogP contribution in [0.1, 0.15) is 25.3 Å². The summed E-state index contributed by atoms with van der Waals surface area (Å²) in [5.74, 6) is 0.882. The lowest BCUT2D eigenvalue weighted by Crippen LogP contribution is -2.03. The molecule has 0 atom stereocenters. The van der Waals surface area contributed by atoms with E-state index in [1.807, 2.05) is 13.8 Å². The Bertz CT molecular complexity index is 780. The van der Waals surface area contributed by atoms with E-state index >= 15 is 0 Å². The molecule has 0 spiro atoms. The fourth-order valence-corrected chi connectivity index (χ4v) is 2.31. The summed E-state index contributed by atoms with van der Waals surface area (Å²) in [5.41, 5.74) is 8.04. The number of nitrogen functional groups attached to an aromatic ring is 1. The molecule has 0 fully saturated rings. The Hall–Kier alpha value is -2.43. The van der Waals surface area contributed by atoms with Crippen molar-refractivity contribution < 1.29 is 8.81 Å². The van der Waals surface area contributed by atoms with E-state index < -0.39 is 0 Å². The lowest BCUT2D eigenvalue weighted by molar-refractivity contribution is 0.616. The van der Waals surface area contributed by atoms with E-state index in [-0.39, 0.29) is 11.7 Å². The van der Waals surface area contributed by atoms with Crippen LogP contribution < -0.4 is 5.73 Å². The largest absolute Gasteiger partial charge is 0.454 e. The van der Waals surface area contributed by atoms with Crippen LogP contribution in [0.3, 0.4) is 0 Å². The van der Waals surface area contributed by atoms with Crippen molar-refractivity contribution in [3.63, 3.8) is 0 Å². The van der Waals surface area contributed by atoms with Crippen molar-refractivity contribution in [1.82, 2.24) is 9.97 Å². The predicted molar refractivity (Wildman–Crippen MR) is 75.7 cm³/mol. The zero-order valence-corrected chi connectivity index (χ0v) is 11.2. The van der Waals surface area contributed by atoms with Gasteiger partial charge in [0.15, 0.2) is 5.76 Å². The van der Waals surface area contributed by atoms with Crippen LogP contribution in [0.15, 0.2) is 35.0 Å². The van der Waals surface area contributed by atoms with Crippen molar-refractivity contribution in [2.45, 2.75) is 19.8 Å². The summed E-state index contributed by atoms with van der Waals surface area (Å²) >= 11 is 0. The second-order valence-corrected chi connectivity index (χ2v) is 4.97. The van der Waals surface area contributed by atoms with E-state index in [1.165, 1.54) is 18.5 Å². The van der Waals surface area contributed by atoms with E-state index in [2.05, 4.69) is 9.97 Å². The minimum atomic E-state index is -0.295. The van der Waals surface area contributed by atoms with E-state index in [0.29, 0.717) is 28.2 Å². The second-order valence-electron chi connectivity index (χ2n) is 4.97. The fourth-order valence-electron chi connectivity index (χ4n) is 2.31. The average molecular weight is 271 g/mol. The molecule has 0 aliphatic rings. The zero-order valence-electron chi connectivity index (χ0n) is 11.2. The highest BCUT2D eigenvalue weighted by Gasteiger charge is 2.17. The number of halogens is 1. The maximum atomic E-state index is 13.2. The smallest absolute Gasteiger partial charge is 0.154 e. The van der Waals surface area contributed by atoms with Gasteiger partial charge < -0.3 is 10.2 Å². The van der Waals surface area contributed by atoms with Gasteiger partial charge in [-0.15, -0.1) is 0 Å². The molecule has 0 saturated heterocycles. The summed E-state index contributed by atoms with van der Waals surface area (Å²) in [7, 11) is 0. The molecular weight excluding hydrogens is 257 g/mol. The molecule has 5 heteroatoms. The fraction of sp³-hybridized carbons (Fsp3) is 0.200. The van der Waals surface area contributed by atoms with Gasteiger partial charge in [-0.2, -0.15) is 0 Å². The SMILES string of the molecule is CC(C)c1c(N)ncnc1-c1cc2cc(F)ccc2o1. The molecule has 20 heavy (non-hydrogen) atoms. The monoisotopic (exact) mass is 271 g/mol. The van der Waals surface area contributed by atoms with Crippen molar-refractivity contribution in [1.29, 1.82) is 0 Å². The van der Waals surface area contributed by atoms with Crippen molar-refractivity contribution in [2.24, 2.45) is 0 Å². The van der Waals surface area contributed by atoms with Crippen LogP contribution in [0.5, 0.6) is 0 Å². The average Bonchev–Trinajstić information content (AvgIpc) is 2.80. The molecule has 0 bridgehead atoms. The van der Waals surface area contributed by atoms with Crippen molar-refractivity contribution >= 4 is 16.8 Å². The van der Waals surface area contributed by atoms with Crippen molar-refractivity contribution in [3.05, 3.63) is 42.0 Å². The number of benzene rings is 1. The summed E-state index contributed by atoms with van der Waals surface area (Å²) in [6, 6.07) is 6.18. The first-order valence-corrected chi connectivity index (χ1v) is 6.36. The summed E-state index contributed by atoms with van der Waals surface area (Å²) < 4.78 is 19.0. The Labute approximate surface area is 115 Å². The van der Waals surface area contributed by atoms with Crippen LogP contribution >= 0.6 is 0 Å². The van der Waals surface area contributed by atoms with Crippen LogP contribution in [-0.2, 0) is 0 Å². The number of hydrogen-bond donors (Lipinski definition) is 1. The van der Waals surface area contributed by atoms with Crippen molar-refractivity contribution in [3.8, 4) is 11.5 Å². The van der Waals surface area contributed by atoms with E-state index in [0.717, 1.165) is 5.56 Å². The van der Waals surface area contributed by atoms with E-state index in [9.17, 15) is 4.39 Å². The number of aromatic nitrogens is 2. The second kappa shape index (κ2) is 4.59. The minimum Gasteiger partial charge on any atom is -0.454 e. The quantitative estimate of drug-likeness (QED) is 0.771. The minimum absolute atomic E-state index is 0.163. The van der Waals surface area contributed by atoms with Gasteiger partial charge in [-0.05, 0) is 30.2 Å². The molecule has 0 saturated carbocycles. The third-order valence-electron chi connectivity index (χ3n) is 3.20. The molecule has 3 aromatic rings. The first-order chi connectivity index (χ1) is 9.56. The van der Waals surface area contributed by atoms with Crippen molar-refractivity contribution in [2.75, 3.05) is 5.73 Å². The highest BCUT2D eigenvalue weighted by atomic mass is 19.1. The van der Waals surface area contributed by atoms with E-state index in [4.69, 9.17) is 10.2 Å². The standard InChI is InChI=1S/C15H14FN3O/c1-8(2)13-14(18-7-19-15(13)17)12-6-9-5-10(16)3-4-11(9)20-12/h3-8H,1-2H3,(H2,17,18,19). The molecule has 0 amide bonds.